The number of phenolic OH excluding ortho intramolecular Hbond substituents is 1. The van der Waals surface area contributed by atoms with Crippen molar-refractivity contribution in [3.8, 4) is 11.5 Å². The third-order valence-corrected chi connectivity index (χ3v) is 4.43. The Hall–Kier alpha value is -2.53. The summed E-state index contributed by atoms with van der Waals surface area (Å²) in [5.74, 6) is 1.49. The standard InChI is InChI=1S/C20H23NO4/c1-24-13-25-17-8-4-15(5-9-17)18-12-19(18)20(23)21-11-10-14-2-6-16(22)7-3-14/h2-9,18-19,22H,10-13H2,1H3,(H,21,23). The molecule has 0 aliphatic heterocycles. The molecule has 0 saturated heterocycles. The topological polar surface area (TPSA) is 67.8 Å². The highest BCUT2D eigenvalue weighted by Gasteiger charge is 2.43. The Balaban J connectivity index is 1.43. The molecule has 132 valence electrons. The van der Waals surface area contributed by atoms with Crippen molar-refractivity contribution >= 4 is 5.91 Å². The van der Waals surface area contributed by atoms with Gasteiger partial charge in [-0.05, 0) is 54.2 Å². The van der Waals surface area contributed by atoms with Gasteiger partial charge in [0.1, 0.15) is 11.5 Å². The predicted octanol–water partition coefficient (Wildman–Crippen LogP) is 2.84. The van der Waals surface area contributed by atoms with E-state index in [0.29, 0.717) is 12.5 Å². The van der Waals surface area contributed by atoms with Crippen molar-refractivity contribution in [2.24, 2.45) is 5.92 Å². The molecule has 2 aromatic carbocycles. The number of nitrogens with one attached hydrogen (secondary N) is 1. The maximum Gasteiger partial charge on any atom is 0.223 e. The fraction of sp³-hybridized carbons (Fsp3) is 0.350. The smallest absolute Gasteiger partial charge is 0.223 e. The summed E-state index contributed by atoms with van der Waals surface area (Å²) in [7, 11) is 1.59. The number of hydrogen-bond acceptors (Lipinski definition) is 4. The van der Waals surface area contributed by atoms with Crippen LogP contribution in [0.25, 0.3) is 0 Å². The summed E-state index contributed by atoms with van der Waals surface area (Å²) in [6.07, 6.45) is 1.65. The number of amides is 1. The van der Waals surface area contributed by atoms with Gasteiger partial charge in [-0.15, -0.1) is 0 Å². The lowest BCUT2D eigenvalue weighted by molar-refractivity contribution is -0.122. The molecule has 1 saturated carbocycles. The minimum absolute atomic E-state index is 0.0607. The quantitative estimate of drug-likeness (QED) is 0.725. The summed E-state index contributed by atoms with van der Waals surface area (Å²) < 4.78 is 10.2. The number of ether oxygens (including phenoxy) is 2. The first kappa shape index (κ1) is 17.3. The first-order chi connectivity index (χ1) is 12.2. The minimum atomic E-state index is 0.0607. The van der Waals surface area contributed by atoms with Gasteiger partial charge in [0.05, 0.1) is 0 Å². The summed E-state index contributed by atoms with van der Waals surface area (Å²) in [5.41, 5.74) is 2.26. The Morgan fingerprint density at radius 2 is 1.88 bits per heavy atom. The fourth-order valence-corrected chi connectivity index (χ4v) is 2.92. The van der Waals surface area contributed by atoms with Crippen molar-refractivity contribution in [2.75, 3.05) is 20.4 Å². The average Bonchev–Trinajstić information content (AvgIpc) is 3.43. The van der Waals surface area contributed by atoms with Gasteiger partial charge >= 0.3 is 0 Å². The molecule has 5 heteroatoms. The monoisotopic (exact) mass is 341 g/mol. The van der Waals surface area contributed by atoms with Gasteiger partial charge in [0.2, 0.25) is 5.91 Å². The van der Waals surface area contributed by atoms with Gasteiger partial charge in [0.25, 0.3) is 0 Å². The zero-order valence-corrected chi connectivity index (χ0v) is 14.3. The Labute approximate surface area is 147 Å². The summed E-state index contributed by atoms with van der Waals surface area (Å²) in [4.78, 5) is 12.2. The van der Waals surface area contributed by atoms with Crippen molar-refractivity contribution < 1.29 is 19.4 Å². The van der Waals surface area contributed by atoms with Gasteiger partial charge in [-0.1, -0.05) is 24.3 Å². The van der Waals surface area contributed by atoms with Gasteiger partial charge in [0.15, 0.2) is 6.79 Å². The molecule has 3 rings (SSSR count). The molecular formula is C20H23NO4. The van der Waals surface area contributed by atoms with Gasteiger partial charge < -0.3 is 19.9 Å². The van der Waals surface area contributed by atoms with Crippen LogP contribution in [0.5, 0.6) is 11.5 Å². The van der Waals surface area contributed by atoms with E-state index in [1.807, 2.05) is 36.4 Å². The van der Waals surface area contributed by atoms with E-state index in [4.69, 9.17) is 9.47 Å². The van der Waals surface area contributed by atoms with Crippen molar-refractivity contribution in [1.82, 2.24) is 5.32 Å². The average molecular weight is 341 g/mol. The van der Waals surface area contributed by atoms with Crippen LogP contribution in [0.3, 0.4) is 0 Å². The molecule has 1 fully saturated rings. The first-order valence-electron chi connectivity index (χ1n) is 8.44. The third kappa shape index (κ3) is 4.73. The molecule has 0 aromatic heterocycles. The second-order valence-corrected chi connectivity index (χ2v) is 6.28. The fourth-order valence-electron chi connectivity index (χ4n) is 2.92. The molecule has 1 aliphatic carbocycles. The van der Waals surface area contributed by atoms with Crippen molar-refractivity contribution in [1.29, 1.82) is 0 Å². The highest BCUT2D eigenvalue weighted by atomic mass is 16.7. The van der Waals surface area contributed by atoms with Crippen LogP contribution in [0.4, 0.5) is 0 Å². The van der Waals surface area contributed by atoms with E-state index >= 15 is 0 Å². The lowest BCUT2D eigenvalue weighted by atomic mass is 10.1. The second-order valence-electron chi connectivity index (χ2n) is 6.28. The van der Waals surface area contributed by atoms with Crippen LogP contribution in [-0.4, -0.2) is 31.5 Å². The van der Waals surface area contributed by atoms with Crippen molar-refractivity contribution in [3.63, 3.8) is 0 Å². The van der Waals surface area contributed by atoms with Crippen LogP contribution in [0.2, 0.25) is 0 Å². The Morgan fingerprint density at radius 3 is 2.56 bits per heavy atom. The van der Waals surface area contributed by atoms with Crippen LogP contribution in [0.1, 0.15) is 23.5 Å². The lowest BCUT2D eigenvalue weighted by Crippen LogP contribution is -2.27. The molecular weight excluding hydrogens is 318 g/mol. The predicted molar refractivity (Wildman–Crippen MR) is 94.6 cm³/mol. The highest BCUT2D eigenvalue weighted by molar-refractivity contribution is 5.82. The van der Waals surface area contributed by atoms with Crippen molar-refractivity contribution in [3.05, 3.63) is 59.7 Å². The SMILES string of the molecule is COCOc1ccc(C2CC2C(=O)NCCc2ccc(O)cc2)cc1. The molecule has 2 atom stereocenters. The van der Waals surface area contributed by atoms with Gasteiger partial charge in [-0.25, -0.2) is 0 Å². The van der Waals surface area contributed by atoms with Crippen molar-refractivity contribution in [2.45, 2.75) is 18.8 Å². The number of carbonyl (C=O) groups is 1. The summed E-state index contributed by atoms with van der Waals surface area (Å²) >= 11 is 0. The van der Waals surface area contributed by atoms with Gasteiger partial charge in [0, 0.05) is 19.6 Å². The van der Waals surface area contributed by atoms with Gasteiger partial charge in [-0.3, -0.25) is 4.79 Å². The molecule has 0 radical (unpaired) electrons. The number of rotatable bonds is 8. The van der Waals surface area contributed by atoms with E-state index in [2.05, 4.69) is 5.32 Å². The number of methoxy groups -OCH3 is 1. The molecule has 2 aromatic rings. The lowest BCUT2D eigenvalue weighted by Gasteiger charge is -2.07. The van der Waals surface area contributed by atoms with Gasteiger partial charge in [-0.2, -0.15) is 0 Å². The number of benzene rings is 2. The molecule has 2 unspecified atom stereocenters. The van der Waals surface area contributed by atoms with Crippen LogP contribution < -0.4 is 10.1 Å². The molecule has 0 spiro atoms. The first-order valence-corrected chi connectivity index (χ1v) is 8.44. The molecule has 2 N–H and O–H groups in total. The maximum absolute atomic E-state index is 12.2. The van der Waals surface area contributed by atoms with E-state index in [9.17, 15) is 9.90 Å². The van der Waals surface area contributed by atoms with E-state index in [1.54, 1.807) is 19.2 Å². The molecule has 0 bridgehead atoms. The summed E-state index contributed by atoms with van der Waals surface area (Å²) in [6, 6.07) is 14.9. The second kappa shape index (κ2) is 8.03. The zero-order chi connectivity index (χ0) is 17.6. The zero-order valence-electron chi connectivity index (χ0n) is 14.3. The normalized spacial score (nSPS) is 18.6. The molecule has 5 nitrogen and oxygen atoms in total. The Kier molecular flexibility index (Phi) is 5.56. The largest absolute Gasteiger partial charge is 0.508 e. The maximum atomic E-state index is 12.2. The number of carbonyl (C=O) groups excluding carboxylic acids is 1. The van der Waals surface area contributed by atoms with E-state index in [0.717, 1.165) is 24.2 Å². The van der Waals surface area contributed by atoms with Crippen LogP contribution in [-0.2, 0) is 16.0 Å². The Morgan fingerprint density at radius 1 is 1.16 bits per heavy atom. The number of hydrogen-bond donors (Lipinski definition) is 2. The molecule has 1 amide bonds. The van der Waals surface area contributed by atoms with E-state index < -0.39 is 0 Å². The van der Waals surface area contributed by atoms with E-state index in [-0.39, 0.29) is 24.4 Å². The third-order valence-electron chi connectivity index (χ3n) is 4.43. The minimum Gasteiger partial charge on any atom is -0.508 e. The van der Waals surface area contributed by atoms with Crippen LogP contribution >= 0.6 is 0 Å². The summed E-state index contributed by atoms with van der Waals surface area (Å²) in [5, 5.41) is 12.3. The highest BCUT2D eigenvalue weighted by Crippen LogP contribution is 2.47. The molecule has 1 aliphatic rings. The van der Waals surface area contributed by atoms with E-state index in [1.165, 1.54) is 5.56 Å². The van der Waals surface area contributed by atoms with Crippen LogP contribution in [0.15, 0.2) is 48.5 Å². The molecule has 0 heterocycles. The number of phenols is 1. The molecule has 25 heavy (non-hydrogen) atoms. The van der Waals surface area contributed by atoms with Crippen LogP contribution in [0, 0.1) is 5.92 Å². The summed E-state index contributed by atoms with van der Waals surface area (Å²) in [6.45, 7) is 0.839. The number of aromatic hydroxyl groups is 1. The Bertz CT molecular complexity index is 697.